The van der Waals surface area contributed by atoms with E-state index in [4.69, 9.17) is 9.47 Å². The normalized spacial score (nSPS) is 21.2. The fourth-order valence-corrected chi connectivity index (χ4v) is 3.56. The molecule has 0 amide bonds. The standard InChI is InChI=1S/C23H28N4O3/c1-16-5-7-18(8-6-16)23-24-27(22(15-28)30-23)26-12-11-21(26)29-20-10-9-19(14-25(3)4)17(2)13-20/h5-10,13,15,21-22H,11-12,14H2,1-4H3. The van der Waals surface area contributed by atoms with Crippen molar-refractivity contribution < 1.29 is 14.3 Å². The van der Waals surface area contributed by atoms with E-state index in [0.717, 1.165) is 42.7 Å². The molecule has 158 valence electrons. The molecule has 0 saturated carbocycles. The van der Waals surface area contributed by atoms with E-state index in [1.165, 1.54) is 11.1 Å². The summed E-state index contributed by atoms with van der Waals surface area (Å²) in [6.07, 6.45) is 0.657. The first-order valence-electron chi connectivity index (χ1n) is 10.2. The Bertz CT molecular complexity index is 942. The van der Waals surface area contributed by atoms with Crippen LogP contribution in [0.25, 0.3) is 0 Å². The molecule has 2 aromatic rings. The third kappa shape index (κ3) is 4.17. The topological polar surface area (TPSA) is 57.6 Å². The van der Waals surface area contributed by atoms with Crippen LogP contribution in [0.15, 0.2) is 47.6 Å². The van der Waals surface area contributed by atoms with E-state index in [1.54, 1.807) is 5.12 Å². The van der Waals surface area contributed by atoms with Gasteiger partial charge in [-0.1, -0.05) is 23.8 Å². The molecular formula is C23H28N4O3. The monoisotopic (exact) mass is 408 g/mol. The Kier molecular flexibility index (Phi) is 5.74. The fraction of sp³-hybridized carbons (Fsp3) is 0.391. The second kappa shape index (κ2) is 8.45. The molecule has 4 rings (SSSR count). The molecule has 2 atom stereocenters. The van der Waals surface area contributed by atoms with E-state index in [2.05, 4.69) is 43.2 Å². The maximum Gasteiger partial charge on any atom is 0.260 e. The summed E-state index contributed by atoms with van der Waals surface area (Å²) in [5.41, 5.74) is 4.48. The van der Waals surface area contributed by atoms with E-state index in [1.807, 2.05) is 42.3 Å². The van der Waals surface area contributed by atoms with Crippen LogP contribution < -0.4 is 4.74 Å². The van der Waals surface area contributed by atoms with E-state index in [9.17, 15) is 4.79 Å². The lowest BCUT2D eigenvalue weighted by atomic mass is 10.1. The number of hydrogen-bond donors (Lipinski definition) is 0. The number of carbonyl (C=O) groups excluding carboxylic acids is 1. The van der Waals surface area contributed by atoms with Gasteiger partial charge in [-0.15, -0.1) is 5.10 Å². The molecule has 0 radical (unpaired) electrons. The number of carbonyl (C=O) groups is 1. The van der Waals surface area contributed by atoms with Crippen LogP contribution in [0.2, 0.25) is 0 Å². The molecule has 0 spiro atoms. The predicted octanol–water partition coefficient (Wildman–Crippen LogP) is 2.91. The lowest BCUT2D eigenvalue weighted by Crippen LogP contribution is -2.60. The quantitative estimate of drug-likeness (QED) is 0.657. The highest BCUT2D eigenvalue weighted by atomic mass is 16.6. The van der Waals surface area contributed by atoms with Gasteiger partial charge in [0.05, 0.1) is 0 Å². The predicted molar refractivity (Wildman–Crippen MR) is 115 cm³/mol. The number of aryl methyl sites for hydroxylation is 2. The average Bonchev–Trinajstić information content (AvgIpc) is 3.11. The SMILES string of the molecule is Cc1ccc(C2=NN(N3CCC3Oc3ccc(CN(C)C)c(C)c3)C(C=O)O2)cc1. The number of benzene rings is 2. The highest BCUT2D eigenvalue weighted by Crippen LogP contribution is 2.29. The molecule has 2 heterocycles. The Morgan fingerprint density at radius 2 is 1.97 bits per heavy atom. The summed E-state index contributed by atoms with van der Waals surface area (Å²) in [6.45, 7) is 5.77. The van der Waals surface area contributed by atoms with Gasteiger partial charge >= 0.3 is 0 Å². The van der Waals surface area contributed by atoms with Crippen LogP contribution in [0.3, 0.4) is 0 Å². The number of hydrazone groups is 1. The zero-order valence-corrected chi connectivity index (χ0v) is 17.9. The van der Waals surface area contributed by atoms with Gasteiger partial charge in [0.15, 0.2) is 12.5 Å². The minimum Gasteiger partial charge on any atom is -0.473 e. The Hall–Kier alpha value is -2.90. The van der Waals surface area contributed by atoms with Crippen molar-refractivity contribution in [3.05, 3.63) is 64.7 Å². The van der Waals surface area contributed by atoms with Crippen molar-refractivity contribution in [3.8, 4) is 5.75 Å². The van der Waals surface area contributed by atoms with Gasteiger partial charge in [0.25, 0.3) is 6.23 Å². The van der Waals surface area contributed by atoms with Crippen molar-refractivity contribution >= 4 is 12.2 Å². The van der Waals surface area contributed by atoms with Gasteiger partial charge in [-0.2, -0.15) is 10.1 Å². The summed E-state index contributed by atoms with van der Waals surface area (Å²) in [7, 11) is 4.12. The summed E-state index contributed by atoms with van der Waals surface area (Å²) in [5, 5.41) is 8.09. The van der Waals surface area contributed by atoms with E-state index >= 15 is 0 Å². The second-order valence-electron chi connectivity index (χ2n) is 8.09. The third-order valence-electron chi connectivity index (χ3n) is 5.34. The highest BCUT2D eigenvalue weighted by Gasteiger charge is 2.42. The summed E-state index contributed by atoms with van der Waals surface area (Å²) < 4.78 is 12.0. The van der Waals surface area contributed by atoms with Crippen LogP contribution in [-0.4, -0.2) is 60.3 Å². The number of ether oxygens (including phenoxy) is 2. The maximum atomic E-state index is 11.6. The second-order valence-corrected chi connectivity index (χ2v) is 8.09. The van der Waals surface area contributed by atoms with Gasteiger partial charge in [-0.25, -0.2) is 0 Å². The lowest BCUT2D eigenvalue weighted by Gasteiger charge is -2.44. The number of rotatable bonds is 7. The van der Waals surface area contributed by atoms with Crippen LogP contribution in [0.5, 0.6) is 5.75 Å². The largest absolute Gasteiger partial charge is 0.473 e. The summed E-state index contributed by atoms with van der Waals surface area (Å²) >= 11 is 0. The molecule has 7 heteroatoms. The number of aldehydes is 1. The minimum atomic E-state index is -0.781. The number of hydrogen-bond acceptors (Lipinski definition) is 7. The molecule has 1 saturated heterocycles. The first kappa shape index (κ1) is 20.4. The molecule has 2 aliphatic heterocycles. The van der Waals surface area contributed by atoms with E-state index in [0.29, 0.717) is 5.90 Å². The van der Waals surface area contributed by atoms with Crippen LogP contribution in [-0.2, 0) is 16.1 Å². The zero-order valence-electron chi connectivity index (χ0n) is 17.9. The van der Waals surface area contributed by atoms with Crippen molar-refractivity contribution in [1.82, 2.24) is 15.0 Å². The molecule has 0 aliphatic carbocycles. The zero-order chi connectivity index (χ0) is 21.3. The average molecular weight is 409 g/mol. The molecule has 0 aromatic heterocycles. The molecule has 1 fully saturated rings. The molecule has 2 unspecified atom stereocenters. The summed E-state index contributed by atoms with van der Waals surface area (Å²) in [6, 6.07) is 14.1. The minimum absolute atomic E-state index is 0.184. The lowest BCUT2D eigenvalue weighted by molar-refractivity contribution is -0.218. The van der Waals surface area contributed by atoms with Crippen LogP contribution in [0.1, 0.15) is 28.7 Å². The van der Waals surface area contributed by atoms with Crippen LogP contribution in [0, 0.1) is 13.8 Å². The van der Waals surface area contributed by atoms with Gasteiger partial charge in [-0.3, -0.25) is 4.79 Å². The number of hydrazine groups is 1. The molecule has 7 nitrogen and oxygen atoms in total. The van der Waals surface area contributed by atoms with Gasteiger partial charge < -0.3 is 14.4 Å². The summed E-state index contributed by atoms with van der Waals surface area (Å²) in [5.74, 6) is 1.26. The fourth-order valence-electron chi connectivity index (χ4n) is 3.56. The molecule has 0 bridgehead atoms. The maximum absolute atomic E-state index is 11.6. The van der Waals surface area contributed by atoms with Crippen molar-refractivity contribution in [3.63, 3.8) is 0 Å². The van der Waals surface area contributed by atoms with Crippen LogP contribution in [0.4, 0.5) is 0 Å². The first-order chi connectivity index (χ1) is 14.4. The van der Waals surface area contributed by atoms with Gasteiger partial charge in [-0.05, 0) is 63.3 Å². The highest BCUT2D eigenvalue weighted by molar-refractivity contribution is 5.95. The van der Waals surface area contributed by atoms with Gasteiger partial charge in [0.2, 0.25) is 5.90 Å². The Morgan fingerprint density at radius 1 is 1.20 bits per heavy atom. The Morgan fingerprint density at radius 3 is 2.57 bits per heavy atom. The number of nitrogens with zero attached hydrogens (tertiary/aromatic N) is 4. The molecule has 2 aliphatic rings. The molecule has 30 heavy (non-hydrogen) atoms. The molecular weight excluding hydrogens is 380 g/mol. The van der Waals surface area contributed by atoms with Crippen LogP contribution >= 0.6 is 0 Å². The van der Waals surface area contributed by atoms with Gasteiger partial charge in [0, 0.05) is 25.1 Å². The molecule has 0 N–H and O–H groups in total. The Balaban J connectivity index is 1.47. The third-order valence-corrected chi connectivity index (χ3v) is 5.34. The van der Waals surface area contributed by atoms with Crippen molar-refractivity contribution in [2.24, 2.45) is 5.10 Å². The van der Waals surface area contributed by atoms with Gasteiger partial charge in [0.1, 0.15) is 5.75 Å². The summed E-state index contributed by atoms with van der Waals surface area (Å²) in [4.78, 5) is 13.8. The van der Waals surface area contributed by atoms with E-state index < -0.39 is 6.23 Å². The smallest absolute Gasteiger partial charge is 0.260 e. The van der Waals surface area contributed by atoms with Crippen molar-refractivity contribution in [2.45, 2.75) is 39.3 Å². The first-order valence-corrected chi connectivity index (χ1v) is 10.2. The van der Waals surface area contributed by atoms with Crippen molar-refractivity contribution in [1.29, 1.82) is 0 Å². The molecule has 2 aromatic carbocycles. The van der Waals surface area contributed by atoms with E-state index in [-0.39, 0.29) is 6.23 Å². The van der Waals surface area contributed by atoms with Crippen molar-refractivity contribution in [2.75, 3.05) is 20.6 Å². The Labute approximate surface area is 177 Å².